The lowest BCUT2D eigenvalue weighted by Crippen LogP contribution is -2.73. The van der Waals surface area contributed by atoms with Gasteiger partial charge in [-0.25, -0.2) is 9.18 Å². The molecule has 0 aromatic heterocycles. The molecule has 0 bridgehead atoms. The summed E-state index contributed by atoms with van der Waals surface area (Å²) in [5.41, 5.74) is -0.500. The van der Waals surface area contributed by atoms with Crippen molar-refractivity contribution in [2.45, 2.75) is 12.5 Å². The SMILES string of the molecule is CN1C(=O)NC(=O)[C@@]2(Cc3cccc(F)c3N3CCOC[C@H]32)C1=O. The van der Waals surface area contributed by atoms with Gasteiger partial charge in [-0.3, -0.25) is 19.8 Å². The minimum Gasteiger partial charge on any atom is -0.377 e. The van der Waals surface area contributed by atoms with Gasteiger partial charge in [0, 0.05) is 20.0 Å². The summed E-state index contributed by atoms with van der Waals surface area (Å²) in [5, 5.41) is 2.25. The summed E-state index contributed by atoms with van der Waals surface area (Å²) < 4.78 is 19.9. The molecule has 4 rings (SSSR count). The predicted molar refractivity (Wildman–Crippen MR) is 80.8 cm³/mol. The molecule has 0 aliphatic carbocycles. The third-order valence-corrected chi connectivity index (χ3v) is 5.14. The summed E-state index contributed by atoms with van der Waals surface area (Å²) in [4.78, 5) is 40.1. The number of carbonyl (C=O) groups excluding carboxylic acids is 3. The molecule has 2 saturated heterocycles. The van der Waals surface area contributed by atoms with Crippen LogP contribution in [0.4, 0.5) is 14.9 Å². The Labute approximate surface area is 137 Å². The van der Waals surface area contributed by atoms with E-state index in [-0.39, 0.29) is 18.8 Å². The number of hydrogen-bond acceptors (Lipinski definition) is 5. The van der Waals surface area contributed by atoms with Crippen LogP contribution in [0.2, 0.25) is 0 Å². The van der Waals surface area contributed by atoms with Crippen LogP contribution in [0.15, 0.2) is 18.2 Å². The van der Waals surface area contributed by atoms with Crippen molar-refractivity contribution >= 4 is 23.5 Å². The van der Waals surface area contributed by atoms with E-state index in [1.807, 2.05) is 0 Å². The summed E-state index contributed by atoms with van der Waals surface area (Å²) in [6.07, 6.45) is 0.0346. The Morgan fingerprint density at radius 1 is 1.33 bits per heavy atom. The number of carbonyl (C=O) groups is 3. The van der Waals surface area contributed by atoms with Crippen molar-refractivity contribution in [3.05, 3.63) is 29.6 Å². The highest BCUT2D eigenvalue weighted by atomic mass is 19.1. The number of anilines is 1. The Hall–Kier alpha value is -2.48. The van der Waals surface area contributed by atoms with Crippen molar-refractivity contribution < 1.29 is 23.5 Å². The van der Waals surface area contributed by atoms with Crippen LogP contribution in [0.25, 0.3) is 0 Å². The molecule has 7 nitrogen and oxygen atoms in total. The maximum atomic E-state index is 14.4. The number of morpholine rings is 1. The van der Waals surface area contributed by atoms with Crippen LogP contribution in [-0.4, -0.2) is 55.6 Å². The number of nitrogens with zero attached hydrogens (tertiary/aromatic N) is 2. The van der Waals surface area contributed by atoms with E-state index in [2.05, 4.69) is 5.32 Å². The van der Waals surface area contributed by atoms with E-state index in [0.717, 1.165) is 4.90 Å². The number of para-hydroxylation sites is 1. The molecule has 8 heteroatoms. The highest BCUT2D eigenvalue weighted by molar-refractivity contribution is 6.20. The second kappa shape index (κ2) is 5.01. The molecule has 1 N–H and O–H groups in total. The lowest BCUT2D eigenvalue weighted by molar-refractivity contribution is -0.155. The van der Waals surface area contributed by atoms with Gasteiger partial charge in [-0.1, -0.05) is 12.1 Å². The number of barbiturate groups is 1. The largest absolute Gasteiger partial charge is 0.377 e. The summed E-state index contributed by atoms with van der Waals surface area (Å²) in [5.74, 6) is -1.61. The second-order valence-corrected chi connectivity index (χ2v) is 6.30. The number of nitrogens with one attached hydrogen (secondary N) is 1. The molecule has 4 amide bonds. The summed E-state index contributed by atoms with van der Waals surface area (Å²) in [7, 11) is 1.33. The zero-order valence-corrected chi connectivity index (χ0v) is 13.0. The molecule has 126 valence electrons. The van der Waals surface area contributed by atoms with Gasteiger partial charge in [-0.05, 0) is 11.6 Å². The first-order valence-corrected chi connectivity index (χ1v) is 7.72. The molecule has 3 aliphatic heterocycles. The van der Waals surface area contributed by atoms with Gasteiger partial charge in [0.15, 0.2) is 5.41 Å². The zero-order valence-electron chi connectivity index (χ0n) is 13.0. The molecule has 0 saturated carbocycles. The van der Waals surface area contributed by atoms with Gasteiger partial charge in [0.1, 0.15) is 5.82 Å². The van der Waals surface area contributed by atoms with E-state index in [4.69, 9.17) is 4.74 Å². The Bertz CT molecular complexity index is 768. The molecule has 24 heavy (non-hydrogen) atoms. The van der Waals surface area contributed by atoms with E-state index in [0.29, 0.717) is 24.4 Å². The fraction of sp³-hybridized carbons (Fsp3) is 0.438. The van der Waals surface area contributed by atoms with Crippen molar-refractivity contribution in [1.82, 2.24) is 10.2 Å². The van der Waals surface area contributed by atoms with Gasteiger partial charge in [-0.2, -0.15) is 0 Å². The summed E-state index contributed by atoms with van der Waals surface area (Å²) in [6.45, 7) is 0.873. The lowest BCUT2D eigenvalue weighted by atomic mass is 9.68. The average Bonchev–Trinajstić information content (AvgIpc) is 2.58. The molecule has 1 aromatic rings. The molecular weight excluding hydrogens is 317 g/mol. The number of amides is 4. The molecule has 0 radical (unpaired) electrons. The van der Waals surface area contributed by atoms with Crippen LogP contribution in [0.3, 0.4) is 0 Å². The quantitative estimate of drug-likeness (QED) is 0.690. The number of benzene rings is 1. The summed E-state index contributed by atoms with van der Waals surface area (Å²) >= 11 is 0. The second-order valence-electron chi connectivity index (χ2n) is 6.30. The van der Waals surface area contributed by atoms with Crippen LogP contribution in [-0.2, 0) is 20.7 Å². The predicted octanol–water partition coefficient (Wildman–Crippen LogP) is 0.282. The van der Waals surface area contributed by atoms with Gasteiger partial charge in [0.25, 0.3) is 0 Å². The van der Waals surface area contributed by atoms with Crippen LogP contribution in [0.5, 0.6) is 0 Å². The van der Waals surface area contributed by atoms with Gasteiger partial charge in [-0.15, -0.1) is 0 Å². The van der Waals surface area contributed by atoms with Crippen LogP contribution < -0.4 is 10.2 Å². The number of fused-ring (bicyclic) bond motifs is 4. The van der Waals surface area contributed by atoms with Crippen molar-refractivity contribution in [1.29, 1.82) is 0 Å². The van der Waals surface area contributed by atoms with Crippen molar-refractivity contribution in [2.24, 2.45) is 5.41 Å². The van der Waals surface area contributed by atoms with Gasteiger partial charge in [0.05, 0.1) is 24.9 Å². The monoisotopic (exact) mass is 333 g/mol. The molecule has 0 unspecified atom stereocenters. The maximum Gasteiger partial charge on any atom is 0.330 e. The Morgan fingerprint density at radius 2 is 2.12 bits per heavy atom. The first-order valence-electron chi connectivity index (χ1n) is 7.72. The van der Waals surface area contributed by atoms with Gasteiger partial charge >= 0.3 is 6.03 Å². The van der Waals surface area contributed by atoms with Crippen LogP contribution >= 0.6 is 0 Å². The van der Waals surface area contributed by atoms with Gasteiger partial charge < -0.3 is 9.64 Å². The molecular formula is C16H16FN3O4. The zero-order chi connectivity index (χ0) is 17.1. The lowest BCUT2D eigenvalue weighted by Gasteiger charge is -2.52. The molecule has 3 aliphatic rings. The number of rotatable bonds is 0. The number of ether oxygens (including phenoxy) is 1. The highest BCUT2D eigenvalue weighted by Crippen LogP contribution is 2.45. The minimum atomic E-state index is -1.50. The van der Waals surface area contributed by atoms with Crippen molar-refractivity contribution in [2.75, 3.05) is 31.7 Å². The standard InChI is InChI=1S/C16H16FN3O4/c1-19-14(22)16(13(21)18-15(19)23)7-9-3-2-4-10(17)12(9)20-5-6-24-8-11(16)20/h2-4,11H,5-8H2,1H3,(H,18,21,23)/t11-,16-/m0/s1. The number of halogens is 1. The van der Waals surface area contributed by atoms with Crippen molar-refractivity contribution in [3.63, 3.8) is 0 Å². The van der Waals surface area contributed by atoms with E-state index >= 15 is 0 Å². The third-order valence-electron chi connectivity index (χ3n) is 5.14. The number of urea groups is 1. The van der Waals surface area contributed by atoms with Crippen molar-refractivity contribution in [3.8, 4) is 0 Å². The average molecular weight is 333 g/mol. The molecule has 2 atom stereocenters. The first-order chi connectivity index (χ1) is 11.5. The third kappa shape index (κ3) is 1.77. The Balaban J connectivity index is 1.92. The summed E-state index contributed by atoms with van der Waals surface area (Å²) in [6, 6.07) is 3.23. The molecule has 1 aromatic carbocycles. The number of hydrogen-bond donors (Lipinski definition) is 1. The molecule has 2 fully saturated rings. The normalized spacial score (nSPS) is 29.4. The fourth-order valence-electron chi connectivity index (χ4n) is 3.95. The topological polar surface area (TPSA) is 79.0 Å². The smallest absolute Gasteiger partial charge is 0.330 e. The molecule has 3 heterocycles. The van der Waals surface area contributed by atoms with E-state index < -0.39 is 29.3 Å². The maximum absolute atomic E-state index is 14.4. The fourth-order valence-corrected chi connectivity index (χ4v) is 3.95. The van der Waals surface area contributed by atoms with E-state index in [1.54, 1.807) is 17.0 Å². The Morgan fingerprint density at radius 3 is 2.92 bits per heavy atom. The van der Waals surface area contributed by atoms with Crippen LogP contribution in [0, 0.1) is 11.2 Å². The Kier molecular flexibility index (Phi) is 3.14. The first kappa shape index (κ1) is 15.1. The minimum absolute atomic E-state index is 0.0346. The van der Waals surface area contributed by atoms with E-state index in [1.165, 1.54) is 13.1 Å². The van der Waals surface area contributed by atoms with Gasteiger partial charge in [0.2, 0.25) is 11.8 Å². The molecule has 1 spiro atoms. The highest BCUT2D eigenvalue weighted by Gasteiger charge is 2.62. The number of imide groups is 2. The van der Waals surface area contributed by atoms with Crippen LogP contribution in [0.1, 0.15) is 5.56 Å². The van der Waals surface area contributed by atoms with E-state index in [9.17, 15) is 18.8 Å².